The first-order chi connectivity index (χ1) is 10.8. The Labute approximate surface area is 143 Å². The van der Waals surface area contributed by atoms with Crippen molar-refractivity contribution in [2.45, 2.75) is 17.9 Å². The first-order valence-electron chi connectivity index (χ1n) is 6.79. The number of ether oxygens (including phenoxy) is 1. The number of rotatable bonds is 5. The average Bonchev–Trinajstić information content (AvgIpc) is 2.49. The van der Waals surface area contributed by atoms with Gasteiger partial charge in [0.15, 0.2) is 15.9 Å². The molecule has 7 heteroatoms. The van der Waals surface area contributed by atoms with E-state index < -0.39 is 15.9 Å². The van der Waals surface area contributed by atoms with E-state index in [1.54, 1.807) is 31.2 Å². The number of benzene rings is 2. The topological polar surface area (TPSA) is 72.5 Å². The monoisotopic (exact) mass is 397 g/mol. The van der Waals surface area contributed by atoms with Crippen molar-refractivity contribution in [3.05, 3.63) is 53.0 Å². The Bertz CT molecular complexity index is 786. The lowest BCUT2D eigenvalue weighted by Crippen LogP contribution is -2.30. The van der Waals surface area contributed by atoms with Gasteiger partial charge in [-0.15, -0.1) is 0 Å². The third kappa shape index (κ3) is 5.07. The van der Waals surface area contributed by atoms with E-state index in [0.717, 1.165) is 10.7 Å². The molecule has 0 bridgehead atoms. The molecule has 0 fully saturated rings. The maximum Gasteiger partial charge on any atom is 0.265 e. The molecule has 1 unspecified atom stereocenters. The Morgan fingerprint density at radius 2 is 1.65 bits per heavy atom. The van der Waals surface area contributed by atoms with Crippen LogP contribution in [0.4, 0.5) is 5.69 Å². The molecule has 2 rings (SSSR count). The third-order valence-corrected chi connectivity index (χ3v) is 4.70. The van der Waals surface area contributed by atoms with Gasteiger partial charge < -0.3 is 10.1 Å². The predicted octanol–water partition coefficient (Wildman–Crippen LogP) is 3.26. The van der Waals surface area contributed by atoms with Crippen molar-refractivity contribution < 1.29 is 17.9 Å². The Morgan fingerprint density at radius 3 is 2.17 bits per heavy atom. The number of halogens is 1. The van der Waals surface area contributed by atoms with Crippen molar-refractivity contribution in [1.29, 1.82) is 0 Å². The van der Waals surface area contributed by atoms with Crippen molar-refractivity contribution in [3.8, 4) is 5.75 Å². The van der Waals surface area contributed by atoms with E-state index in [2.05, 4.69) is 21.2 Å². The number of carbonyl (C=O) groups excluding carboxylic acids is 1. The van der Waals surface area contributed by atoms with Crippen molar-refractivity contribution in [2.75, 3.05) is 11.6 Å². The van der Waals surface area contributed by atoms with Gasteiger partial charge >= 0.3 is 0 Å². The average molecular weight is 398 g/mol. The molecule has 0 aliphatic carbocycles. The number of anilines is 1. The molecule has 0 saturated carbocycles. The van der Waals surface area contributed by atoms with Gasteiger partial charge in [0.25, 0.3) is 5.91 Å². The van der Waals surface area contributed by atoms with E-state index in [1.807, 2.05) is 12.1 Å². The quantitative estimate of drug-likeness (QED) is 0.839. The van der Waals surface area contributed by atoms with E-state index in [4.69, 9.17) is 4.74 Å². The summed E-state index contributed by atoms with van der Waals surface area (Å²) >= 11 is 3.33. The second-order valence-corrected chi connectivity index (χ2v) is 7.93. The highest BCUT2D eigenvalue weighted by molar-refractivity contribution is 9.10. The van der Waals surface area contributed by atoms with Gasteiger partial charge in [-0.3, -0.25) is 4.79 Å². The van der Waals surface area contributed by atoms with Gasteiger partial charge in [-0.05, 0) is 55.5 Å². The van der Waals surface area contributed by atoms with E-state index in [9.17, 15) is 13.2 Å². The molecular weight excluding hydrogens is 382 g/mol. The van der Waals surface area contributed by atoms with Crippen LogP contribution in [0.2, 0.25) is 0 Å². The molecule has 2 aromatic carbocycles. The van der Waals surface area contributed by atoms with Gasteiger partial charge in [0.1, 0.15) is 5.75 Å². The Kier molecular flexibility index (Phi) is 5.43. The molecule has 122 valence electrons. The minimum atomic E-state index is -3.25. The van der Waals surface area contributed by atoms with E-state index in [0.29, 0.717) is 11.4 Å². The Morgan fingerprint density at radius 1 is 1.09 bits per heavy atom. The lowest BCUT2D eigenvalue weighted by atomic mass is 10.3. The molecule has 0 spiro atoms. The summed E-state index contributed by atoms with van der Waals surface area (Å²) in [6.07, 6.45) is 0.445. The zero-order valence-corrected chi connectivity index (χ0v) is 15.0. The smallest absolute Gasteiger partial charge is 0.265 e. The summed E-state index contributed by atoms with van der Waals surface area (Å²) in [6, 6.07) is 13.1. The molecule has 0 aromatic heterocycles. The molecule has 0 saturated heterocycles. The largest absolute Gasteiger partial charge is 0.481 e. The highest BCUT2D eigenvalue weighted by atomic mass is 79.9. The SMILES string of the molecule is CC(Oc1ccc(Br)cc1)C(=O)Nc1ccc(S(C)(=O)=O)cc1. The van der Waals surface area contributed by atoms with Crippen molar-refractivity contribution >= 4 is 37.4 Å². The molecule has 0 aliphatic heterocycles. The molecule has 1 atom stereocenters. The van der Waals surface area contributed by atoms with Gasteiger partial charge in [0.2, 0.25) is 0 Å². The molecular formula is C16H16BrNO4S. The van der Waals surface area contributed by atoms with Crippen molar-refractivity contribution in [2.24, 2.45) is 0 Å². The van der Waals surface area contributed by atoms with Crippen molar-refractivity contribution in [1.82, 2.24) is 0 Å². The van der Waals surface area contributed by atoms with Crippen LogP contribution in [0.5, 0.6) is 5.75 Å². The molecule has 0 radical (unpaired) electrons. The summed E-state index contributed by atoms with van der Waals surface area (Å²) in [4.78, 5) is 12.3. The number of nitrogens with one attached hydrogen (secondary N) is 1. The fourth-order valence-corrected chi connectivity index (χ4v) is 2.69. The molecule has 0 heterocycles. The third-order valence-electron chi connectivity index (χ3n) is 3.05. The van der Waals surface area contributed by atoms with Crippen LogP contribution < -0.4 is 10.1 Å². The number of carbonyl (C=O) groups is 1. The summed E-state index contributed by atoms with van der Waals surface area (Å²) < 4.78 is 29.3. The van der Waals surface area contributed by atoms with E-state index >= 15 is 0 Å². The molecule has 1 N–H and O–H groups in total. The first kappa shape index (κ1) is 17.5. The number of sulfone groups is 1. The normalized spacial score (nSPS) is 12.5. The molecule has 5 nitrogen and oxygen atoms in total. The van der Waals surface area contributed by atoms with Crippen LogP contribution in [0.1, 0.15) is 6.92 Å². The standard InChI is InChI=1S/C16H16BrNO4S/c1-11(22-14-7-3-12(17)4-8-14)16(19)18-13-5-9-15(10-6-13)23(2,20)21/h3-11H,1-2H3,(H,18,19). The highest BCUT2D eigenvalue weighted by Crippen LogP contribution is 2.18. The maximum atomic E-state index is 12.1. The lowest BCUT2D eigenvalue weighted by molar-refractivity contribution is -0.122. The number of hydrogen-bond donors (Lipinski definition) is 1. The Balaban J connectivity index is 1.99. The summed E-state index contributed by atoms with van der Waals surface area (Å²) in [5, 5.41) is 2.68. The van der Waals surface area contributed by atoms with Gasteiger partial charge in [-0.25, -0.2) is 8.42 Å². The number of amides is 1. The predicted molar refractivity (Wildman–Crippen MR) is 92.4 cm³/mol. The maximum absolute atomic E-state index is 12.1. The molecule has 2 aromatic rings. The zero-order valence-electron chi connectivity index (χ0n) is 12.6. The first-order valence-corrected chi connectivity index (χ1v) is 9.47. The van der Waals surface area contributed by atoms with Crippen LogP contribution in [0.25, 0.3) is 0 Å². The van der Waals surface area contributed by atoms with Crippen LogP contribution in [-0.4, -0.2) is 26.7 Å². The summed E-state index contributed by atoms with van der Waals surface area (Å²) in [6.45, 7) is 1.64. The molecule has 1 amide bonds. The van der Waals surface area contributed by atoms with Gasteiger partial charge in [-0.1, -0.05) is 15.9 Å². The van der Waals surface area contributed by atoms with E-state index in [-0.39, 0.29) is 10.8 Å². The minimum Gasteiger partial charge on any atom is -0.481 e. The van der Waals surface area contributed by atoms with Gasteiger partial charge in [0.05, 0.1) is 4.90 Å². The summed E-state index contributed by atoms with van der Waals surface area (Å²) in [5.41, 5.74) is 0.508. The summed E-state index contributed by atoms with van der Waals surface area (Å²) in [7, 11) is -3.25. The lowest BCUT2D eigenvalue weighted by Gasteiger charge is -2.15. The molecule has 0 aliphatic rings. The molecule has 23 heavy (non-hydrogen) atoms. The summed E-state index contributed by atoms with van der Waals surface area (Å²) in [5.74, 6) is 0.267. The van der Waals surface area contributed by atoms with Crippen LogP contribution in [0, 0.1) is 0 Å². The van der Waals surface area contributed by atoms with Crippen LogP contribution >= 0.6 is 15.9 Å². The zero-order chi connectivity index (χ0) is 17.0. The van der Waals surface area contributed by atoms with Crippen LogP contribution in [0.15, 0.2) is 57.9 Å². The van der Waals surface area contributed by atoms with E-state index in [1.165, 1.54) is 12.1 Å². The van der Waals surface area contributed by atoms with Gasteiger partial charge in [0, 0.05) is 16.4 Å². The second kappa shape index (κ2) is 7.14. The van der Waals surface area contributed by atoms with Crippen molar-refractivity contribution in [3.63, 3.8) is 0 Å². The fraction of sp³-hybridized carbons (Fsp3) is 0.188. The minimum absolute atomic E-state index is 0.203. The highest BCUT2D eigenvalue weighted by Gasteiger charge is 2.15. The van der Waals surface area contributed by atoms with Crippen LogP contribution in [0.3, 0.4) is 0 Å². The Hall–Kier alpha value is -1.86. The van der Waals surface area contributed by atoms with Crippen LogP contribution in [-0.2, 0) is 14.6 Å². The van der Waals surface area contributed by atoms with Gasteiger partial charge in [-0.2, -0.15) is 0 Å². The second-order valence-electron chi connectivity index (χ2n) is 5.00. The fourth-order valence-electron chi connectivity index (χ4n) is 1.80. The number of hydrogen-bond acceptors (Lipinski definition) is 4.